The summed E-state index contributed by atoms with van der Waals surface area (Å²) >= 11 is 14.1. The maximum atomic E-state index is 13.2. The molecule has 4 heterocycles. The van der Waals surface area contributed by atoms with Crippen molar-refractivity contribution in [2.24, 2.45) is 0 Å². The summed E-state index contributed by atoms with van der Waals surface area (Å²) in [6.45, 7) is 0. The highest BCUT2D eigenvalue weighted by atomic mass is 35.5. The number of rotatable bonds is 8. The minimum atomic E-state index is -4.14. The van der Waals surface area contributed by atoms with Gasteiger partial charge in [-0.15, -0.1) is 16.4 Å². The van der Waals surface area contributed by atoms with E-state index in [0.29, 0.717) is 21.8 Å². The van der Waals surface area contributed by atoms with Crippen molar-refractivity contribution in [3.63, 3.8) is 0 Å². The summed E-state index contributed by atoms with van der Waals surface area (Å²) in [7, 11) is -4.14. The van der Waals surface area contributed by atoms with Crippen molar-refractivity contribution >= 4 is 62.1 Å². The summed E-state index contributed by atoms with van der Waals surface area (Å²) in [4.78, 5) is 4.37. The van der Waals surface area contributed by atoms with Gasteiger partial charge in [0.25, 0.3) is 10.0 Å². The first-order valence-electron chi connectivity index (χ1n) is 10.2. The number of aromatic amines is 1. The van der Waals surface area contributed by atoms with Crippen molar-refractivity contribution in [2.75, 3.05) is 4.72 Å². The van der Waals surface area contributed by atoms with E-state index in [0.717, 1.165) is 16.9 Å². The number of H-pyrrole nitrogens is 1. The van der Waals surface area contributed by atoms with Gasteiger partial charge in [0.1, 0.15) is 22.5 Å². The van der Waals surface area contributed by atoms with Crippen LogP contribution in [0.1, 0.15) is 16.5 Å². The molecule has 2 N–H and O–H groups in total. The lowest BCUT2D eigenvalue weighted by molar-refractivity contribution is 0.603. The molecule has 5 aromatic rings. The molecular weight excluding hydrogens is 577 g/mol. The smallest absolute Gasteiger partial charge is 0.262 e. The first-order chi connectivity index (χ1) is 17.9. The Morgan fingerprint density at radius 1 is 1.19 bits per heavy atom. The van der Waals surface area contributed by atoms with Crippen LogP contribution in [0.2, 0.25) is 9.36 Å². The van der Waals surface area contributed by atoms with E-state index in [1.807, 2.05) is 30.3 Å². The molecule has 37 heavy (non-hydrogen) atoms. The number of anilines is 1. The lowest BCUT2D eigenvalue weighted by atomic mass is 10.1. The molecule has 11 nitrogen and oxygen atoms in total. The van der Waals surface area contributed by atoms with E-state index >= 15 is 0 Å². The van der Waals surface area contributed by atoms with Crippen molar-refractivity contribution in [1.82, 2.24) is 35.4 Å². The number of thiophene rings is 1. The summed E-state index contributed by atoms with van der Waals surface area (Å²) in [6.07, 6.45) is 2.93. The molecule has 0 amide bonds. The largest absolute Gasteiger partial charge is 0.274 e. The highest BCUT2D eigenvalue weighted by Crippen LogP contribution is 2.43. The Bertz CT molecular complexity index is 1700. The number of nitrogens with one attached hydrogen (secondary N) is 2. The van der Waals surface area contributed by atoms with Crippen molar-refractivity contribution in [3.8, 4) is 17.3 Å². The lowest BCUT2D eigenvalue weighted by Gasteiger charge is -2.16. The molecule has 0 aliphatic heterocycles. The number of halogens is 2. The molecule has 1 atom stereocenters. The van der Waals surface area contributed by atoms with Gasteiger partial charge in [0.15, 0.2) is 4.21 Å². The second-order valence-electron chi connectivity index (χ2n) is 7.28. The molecule has 0 bridgehead atoms. The normalized spacial score (nSPS) is 12.2. The van der Waals surface area contributed by atoms with Gasteiger partial charge < -0.3 is 0 Å². The van der Waals surface area contributed by atoms with Crippen molar-refractivity contribution in [2.45, 2.75) is 14.6 Å². The maximum absolute atomic E-state index is 13.2. The van der Waals surface area contributed by atoms with E-state index in [4.69, 9.17) is 23.2 Å². The van der Waals surface area contributed by atoms with Crippen LogP contribution in [-0.4, -0.2) is 43.8 Å². The predicted molar refractivity (Wildman–Crippen MR) is 140 cm³/mol. The van der Waals surface area contributed by atoms with Gasteiger partial charge in [-0.05, 0) is 34.2 Å². The van der Waals surface area contributed by atoms with E-state index in [9.17, 15) is 13.7 Å². The number of nitrogens with zero attached hydrogens (tertiary/aromatic N) is 7. The quantitative estimate of drug-likeness (QED) is 0.242. The zero-order chi connectivity index (χ0) is 26.0. The average molecular weight is 591 g/mol. The molecule has 0 fully saturated rings. The summed E-state index contributed by atoms with van der Waals surface area (Å²) in [5, 5.41) is 28.0. The van der Waals surface area contributed by atoms with Gasteiger partial charge in [-0.1, -0.05) is 65.3 Å². The molecule has 186 valence electrons. The van der Waals surface area contributed by atoms with Crippen molar-refractivity contribution in [3.05, 3.63) is 81.5 Å². The van der Waals surface area contributed by atoms with Crippen molar-refractivity contribution < 1.29 is 8.42 Å². The van der Waals surface area contributed by atoms with Crippen LogP contribution >= 0.6 is 46.3 Å². The summed E-state index contributed by atoms with van der Waals surface area (Å²) in [5.41, 5.74) is 1.86. The molecular formula is C21H13Cl2N9O2S3. The SMILES string of the molecule is N#Cc1ccnc(-c2c(SC(c3ccccc3)n3cnnn3)n[nH]c2NS(=O)(=O)c2sc(Cl)cc2Cl)c1. The summed E-state index contributed by atoms with van der Waals surface area (Å²) in [6, 6.07) is 16.0. The fraction of sp³-hybridized carbons (Fsp3) is 0.0476. The minimum Gasteiger partial charge on any atom is -0.262 e. The van der Waals surface area contributed by atoms with Gasteiger partial charge >= 0.3 is 0 Å². The molecule has 5 rings (SSSR count). The molecule has 4 aromatic heterocycles. The molecule has 1 unspecified atom stereocenters. The number of thioether (sulfide) groups is 1. The van der Waals surface area contributed by atoms with Crippen LogP contribution in [0.3, 0.4) is 0 Å². The zero-order valence-corrected chi connectivity index (χ0v) is 22.2. The van der Waals surface area contributed by atoms with E-state index in [1.54, 1.807) is 10.7 Å². The Hall–Kier alpha value is -3.48. The topological polar surface area (TPSA) is 155 Å². The highest BCUT2D eigenvalue weighted by molar-refractivity contribution is 7.99. The number of sulfonamides is 1. The van der Waals surface area contributed by atoms with E-state index in [-0.39, 0.29) is 19.4 Å². The molecule has 0 spiro atoms. The van der Waals surface area contributed by atoms with Gasteiger partial charge in [0.05, 0.1) is 32.2 Å². The molecule has 0 saturated carbocycles. The number of hydrogen-bond donors (Lipinski definition) is 2. The second-order valence-corrected chi connectivity index (χ2v) is 12.3. The zero-order valence-electron chi connectivity index (χ0n) is 18.3. The Balaban J connectivity index is 1.62. The van der Waals surface area contributed by atoms with Crippen LogP contribution in [0.25, 0.3) is 11.3 Å². The van der Waals surface area contributed by atoms with E-state index in [1.165, 1.54) is 36.4 Å². The molecule has 0 radical (unpaired) electrons. The third-order valence-corrected chi connectivity index (χ3v) is 9.80. The van der Waals surface area contributed by atoms with Crippen LogP contribution < -0.4 is 4.72 Å². The van der Waals surface area contributed by atoms with Crippen LogP contribution in [0, 0.1) is 11.3 Å². The average Bonchev–Trinajstić information content (AvgIpc) is 3.63. The maximum Gasteiger partial charge on any atom is 0.274 e. The Kier molecular flexibility index (Phi) is 7.13. The number of aromatic nitrogens is 7. The van der Waals surface area contributed by atoms with Gasteiger partial charge in [-0.25, -0.2) is 13.1 Å². The number of nitriles is 1. The molecule has 0 aliphatic carbocycles. The van der Waals surface area contributed by atoms with Crippen LogP contribution in [0.15, 0.2) is 70.3 Å². The minimum absolute atomic E-state index is 0.00871. The van der Waals surface area contributed by atoms with Crippen LogP contribution in [0.4, 0.5) is 5.82 Å². The standard InChI is InChI=1S/C21H13Cl2N9O2S3/c22-14-9-16(23)35-21(14)37(33,34)29-18-17(15-8-12(10-24)6-7-25-15)19(28-27-18)36-20(32-11-26-30-31-32)13-4-2-1-3-5-13/h1-9,11,20H,(H2,27,28,29). The first-order valence-corrected chi connectivity index (χ1v) is 14.2. The van der Waals surface area contributed by atoms with Crippen LogP contribution in [-0.2, 0) is 10.0 Å². The fourth-order valence-electron chi connectivity index (χ4n) is 3.32. The van der Waals surface area contributed by atoms with Crippen LogP contribution in [0.5, 0.6) is 0 Å². The van der Waals surface area contributed by atoms with E-state index in [2.05, 4.69) is 41.5 Å². The molecule has 0 aliphatic rings. The fourth-order valence-corrected chi connectivity index (χ4v) is 7.75. The van der Waals surface area contributed by atoms with Crippen molar-refractivity contribution in [1.29, 1.82) is 5.26 Å². The summed E-state index contributed by atoms with van der Waals surface area (Å²) < 4.78 is 30.5. The number of tetrazole rings is 1. The molecule has 0 saturated heterocycles. The predicted octanol–water partition coefficient (Wildman–Crippen LogP) is 4.84. The first kappa shape index (κ1) is 25.2. The second kappa shape index (κ2) is 10.5. The van der Waals surface area contributed by atoms with Gasteiger partial charge in [-0.2, -0.15) is 10.4 Å². The third-order valence-electron chi connectivity index (χ3n) is 4.90. The summed E-state index contributed by atoms with van der Waals surface area (Å²) in [5.74, 6) is 0.0363. The van der Waals surface area contributed by atoms with Gasteiger partial charge in [0, 0.05) is 6.20 Å². The van der Waals surface area contributed by atoms with E-state index < -0.39 is 15.4 Å². The number of hydrogen-bond acceptors (Lipinski definition) is 10. The Morgan fingerprint density at radius 3 is 2.68 bits per heavy atom. The third kappa shape index (κ3) is 5.31. The van der Waals surface area contributed by atoms with Gasteiger partial charge in [-0.3, -0.25) is 14.8 Å². The lowest BCUT2D eigenvalue weighted by Crippen LogP contribution is -2.13. The monoisotopic (exact) mass is 589 g/mol. The van der Waals surface area contributed by atoms with Gasteiger partial charge in [0.2, 0.25) is 0 Å². The number of benzene rings is 1. The highest BCUT2D eigenvalue weighted by Gasteiger charge is 2.28. The number of pyridine rings is 1. The Labute approximate surface area is 228 Å². The molecule has 16 heteroatoms. The Morgan fingerprint density at radius 2 is 2.00 bits per heavy atom. The molecule has 1 aromatic carbocycles.